The second-order valence-electron chi connectivity index (χ2n) is 6.74. The maximum Gasteiger partial charge on any atom is 0.227 e. The summed E-state index contributed by atoms with van der Waals surface area (Å²) in [5.41, 5.74) is 1.73. The number of benzene rings is 1. The first-order valence-electron chi connectivity index (χ1n) is 8.73. The molecule has 0 aliphatic carbocycles. The zero-order valence-electron chi connectivity index (χ0n) is 15.3. The number of hydrogen-bond acceptors (Lipinski definition) is 4. The van der Waals surface area contributed by atoms with E-state index in [4.69, 9.17) is 4.74 Å². The van der Waals surface area contributed by atoms with E-state index in [1.54, 1.807) is 22.9 Å². The van der Waals surface area contributed by atoms with Gasteiger partial charge in [-0.25, -0.2) is 0 Å². The Bertz CT molecular complexity index is 782. The minimum atomic E-state index is -0.344. The van der Waals surface area contributed by atoms with Crippen LogP contribution in [0.4, 0.5) is 5.69 Å². The summed E-state index contributed by atoms with van der Waals surface area (Å²) in [7, 11) is 1.62. The molecule has 1 aliphatic heterocycles. The number of nitrogens with zero attached hydrogens (tertiary/aromatic N) is 3. The number of methoxy groups -OCH3 is 1. The molecule has 1 saturated heterocycles. The first-order valence-corrected chi connectivity index (χ1v) is 8.73. The molecule has 2 amide bonds. The van der Waals surface area contributed by atoms with Gasteiger partial charge in [-0.05, 0) is 31.5 Å². The lowest BCUT2D eigenvalue weighted by Crippen LogP contribution is -2.32. The molecule has 7 nitrogen and oxygen atoms in total. The van der Waals surface area contributed by atoms with Gasteiger partial charge in [-0.15, -0.1) is 0 Å². The molecule has 1 aromatic heterocycles. The highest BCUT2D eigenvalue weighted by Gasteiger charge is 2.35. The van der Waals surface area contributed by atoms with Crippen molar-refractivity contribution in [2.24, 2.45) is 5.92 Å². The van der Waals surface area contributed by atoms with E-state index in [0.29, 0.717) is 13.1 Å². The first kappa shape index (κ1) is 18.0. The summed E-state index contributed by atoms with van der Waals surface area (Å²) in [6.07, 6.45) is 3.75. The predicted octanol–water partition coefficient (Wildman–Crippen LogP) is 2.14. The lowest BCUT2D eigenvalue weighted by Gasteiger charge is -2.14. The molecule has 26 heavy (non-hydrogen) atoms. The summed E-state index contributed by atoms with van der Waals surface area (Å²) in [5, 5.41) is 7.18. The number of ether oxygens (including phenoxy) is 1. The molecule has 1 atom stereocenters. The first-order chi connectivity index (χ1) is 12.5. The van der Waals surface area contributed by atoms with Crippen LogP contribution in [0.1, 0.15) is 31.9 Å². The fourth-order valence-electron chi connectivity index (χ4n) is 2.96. The van der Waals surface area contributed by atoms with Gasteiger partial charge in [0.2, 0.25) is 11.8 Å². The number of hydrogen-bond donors (Lipinski definition) is 1. The second kappa shape index (κ2) is 7.59. The van der Waals surface area contributed by atoms with Crippen LogP contribution in [-0.4, -0.2) is 35.2 Å². The van der Waals surface area contributed by atoms with Crippen LogP contribution in [0.25, 0.3) is 0 Å². The Hall–Kier alpha value is -2.83. The summed E-state index contributed by atoms with van der Waals surface area (Å²) in [4.78, 5) is 26.4. The largest absolute Gasteiger partial charge is 0.497 e. The number of carbonyl (C=O) groups excluding carboxylic acids is 2. The summed E-state index contributed by atoms with van der Waals surface area (Å²) >= 11 is 0. The van der Waals surface area contributed by atoms with Gasteiger partial charge in [0.15, 0.2) is 0 Å². The smallest absolute Gasteiger partial charge is 0.227 e. The van der Waals surface area contributed by atoms with E-state index >= 15 is 0 Å². The van der Waals surface area contributed by atoms with Gasteiger partial charge in [0, 0.05) is 31.7 Å². The zero-order valence-corrected chi connectivity index (χ0v) is 15.3. The average Bonchev–Trinajstić information content (AvgIpc) is 3.27. The molecule has 138 valence electrons. The molecular weight excluding hydrogens is 332 g/mol. The number of rotatable bonds is 6. The highest BCUT2D eigenvalue weighted by atomic mass is 16.5. The number of amides is 2. The van der Waals surface area contributed by atoms with Crippen LogP contribution in [0.15, 0.2) is 36.7 Å². The molecule has 0 bridgehead atoms. The van der Waals surface area contributed by atoms with Crippen molar-refractivity contribution in [1.82, 2.24) is 15.1 Å². The Balaban J connectivity index is 1.57. The van der Waals surface area contributed by atoms with Crippen molar-refractivity contribution < 1.29 is 14.3 Å². The van der Waals surface area contributed by atoms with Crippen LogP contribution in [0, 0.1) is 5.92 Å². The maximum absolute atomic E-state index is 12.4. The Morgan fingerprint density at radius 3 is 2.69 bits per heavy atom. The minimum Gasteiger partial charge on any atom is -0.497 e. The molecule has 7 heteroatoms. The van der Waals surface area contributed by atoms with Gasteiger partial charge in [-0.2, -0.15) is 5.10 Å². The van der Waals surface area contributed by atoms with Crippen LogP contribution in [0.2, 0.25) is 0 Å². The molecule has 2 heterocycles. The lowest BCUT2D eigenvalue weighted by molar-refractivity contribution is -0.126. The fourth-order valence-corrected chi connectivity index (χ4v) is 2.96. The third-order valence-electron chi connectivity index (χ3n) is 4.55. The van der Waals surface area contributed by atoms with E-state index in [-0.39, 0.29) is 30.2 Å². The van der Waals surface area contributed by atoms with Gasteiger partial charge < -0.3 is 15.0 Å². The second-order valence-corrected chi connectivity index (χ2v) is 6.74. The highest BCUT2D eigenvalue weighted by molar-refractivity contribution is 6.00. The Kier molecular flexibility index (Phi) is 5.25. The van der Waals surface area contributed by atoms with Gasteiger partial charge in [-0.3, -0.25) is 14.3 Å². The van der Waals surface area contributed by atoms with Crippen molar-refractivity contribution >= 4 is 17.5 Å². The van der Waals surface area contributed by atoms with Crippen molar-refractivity contribution in [3.8, 4) is 5.75 Å². The van der Waals surface area contributed by atoms with E-state index in [1.807, 2.05) is 44.3 Å². The van der Waals surface area contributed by atoms with E-state index in [9.17, 15) is 9.59 Å². The van der Waals surface area contributed by atoms with Gasteiger partial charge in [0.05, 0.1) is 24.9 Å². The molecule has 1 aliphatic rings. The topological polar surface area (TPSA) is 76.5 Å². The molecule has 1 aromatic carbocycles. The van der Waals surface area contributed by atoms with Crippen LogP contribution in [0.3, 0.4) is 0 Å². The lowest BCUT2D eigenvalue weighted by atomic mass is 10.1. The number of carbonyl (C=O) groups is 2. The van der Waals surface area contributed by atoms with Crippen LogP contribution < -0.4 is 15.0 Å². The van der Waals surface area contributed by atoms with E-state index in [1.165, 1.54) is 0 Å². The Morgan fingerprint density at radius 1 is 1.35 bits per heavy atom. The van der Waals surface area contributed by atoms with Crippen molar-refractivity contribution in [1.29, 1.82) is 0 Å². The molecular formula is C19H24N4O3. The highest BCUT2D eigenvalue weighted by Crippen LogP contribution is 2.25. The predicted molar refractivity (Wildman–Crippen MR) is 97.9 cm³/mol. The molecule has 0 radical (unpaired) electrons. The number of anilines is 1. The molecule has 0 spiro atoms. The normalized spacial score (nSPS) is 17.0. The number of aromatic nitrogens is 2. The molecule has 0 saturated carbocycles. The van der Waals surface area contributed by atoms with E-state index < -0.39 is 0 Å². The SMILES string of the molecule is COc1ccc(CNC(=O)[C@H]2CC(=O)N(c3cnn(C(C)C)c3)C2)cc1. The summed E-state index contributed by atoms with van der Waals surface area (Å²) in [6, 6.07) is 7.76. The van der Waals surface area contributed by atoms with Crippen molar-refractivity contribution in [2.45, 2.75) is 32.9 Å². The molecule has 3 rings (SSSR count). The van der Waals surface area contributed by atoms with Crippen LogP contribution in [0.5, 0.6) is 5.75 Å². The molecule has 1 N–H and O–H groups in total. The van der Waals surface area contributed by atoms with Gasteiger partial charge in [0.1, 0.15) is 5.75 Å². The fraction of sp³-hybridized carbons (Fsp3) is 0.421. The third kappa shape index (κ3) is 3.87. The monoisotopic (exact) mass is 356 g/mol. The summed E-state index contributed by atoms with van der Waals surface area (Å²) < 4.78 is 6.93. The van der Waals surface area contributed by atoms with Crippen LogP contribution >= 0.6 is 0 Å². The molecule has 2 aromatic rings. The maximum atomic E-state index is 12.4. The average molecular weight is 356 g/mol. The Labute approximate surface area is 152 Å². The number of nitrogens with one attached hydrogen (secondary N) is 1. The van der Waals surface area contributed by atoms with Crippen LogP contribution in [-0.2, 0) is 16.1 Å². The molecule has 1 fully saturated rings. The van der Waals surface area contributed by atoms with E-state index in [0.717, 1.165) is 17.0 Å². The summed E-state index contributed by atoms with van der Waals surface area (Å²) in [6.45, 7) is 4.87. The quantitative estimate of drug-likeness (QED) is 0.860. The van der Waals surface area contributed by atoms with Crippen molar-refractivity contribution in [3.05, 3.63) is 42.2 Å². The van der Waals surface area contributed by atoms with Crippen molar-refractivity contribution in [3.63, 3.8) is 0 Å². The minimum absolute atomic E-state index is 0.0436. The van der Waals surface area contributed by atoms with Gasteiger partial charge in [-0.1, -0.05) is 12.1 Å². The molecule has 0 unspecified atom stereocenters. The third-order valence-corrected chi connectivity index (χ3v) is 4.55. The van der Waals surface area contributed by atoms with Gasteiger partial charge >= 0.3 is 0 Å². The van der Waals surface area contributed by atoms with Crippen molar-refractivity contribution in [2.75, 3.05) is 18.6 Å². The van der Waals surface area contributed by atoms with Gasteiger partial charge in [0.25, 0.3) is 0 Å². The Morgan fingerprint density at radius 2 is 2.08 bits per heavy atom. The summed E-state index contributed by atoms with van der Waals surface area (Å²) in [5.74, 6) is 0.285. The standard InChI is InChI=1S/C19H24N4O3/c1-13(2)23-12-16(10-21-23)22-11-15(8-18(22)24)19(25)20-9-14-4-6-17(26-3)7-5-14/h4-7,10,12-13,15H,8-9,11H2,1-3H3,(H,20,25)/t15-/m0/s1. The zero-order chi connectivity index (χ0) is 18.7. The van der Waals surface area contributed by atoms with E-state index in [2.05, 4.69) is 10.4 Å².